The van der Waals surface area contributed by atoms with Crippen LogP contribution < -0.4 is 5.32 Å². The monoisotopic (exact) mass is 706 g/mol. The Morgan fingerprint density at radius 1 is 0.580 bits per heavy atom. The molecule has 15 nitrogen and oxygen atoms in total. The van der Waals surface area contributed by atoms with Gasteiger partial charge in [0.15, 0.2) is 0 Å². The molecule has 0 aliphatic carbocycles. The third-order valence-corrected chi connectivity index (χ3v) is 5.81. The molecular formula is C35H50N2O13. The van der Waals surface area contributed by atoms with E-state index in [0.717, 1.165) is 7.11 Å². The molecule has 0 aromatic heterocycles. The topological polar surface area (TPSA) is 272 Å². The van der Waals surface area contributed by atoms with Crippen molar-refractivity contribution in [2.75, 3.05) is 21.2 Å². The molecule has 0 bridgehead atoms. The van der Waals surface area contributed by atoms with Crippen molar-refractivity contribution in [2.24, 2.45) is 0 Å². The summed E-state index contributed by atoms with van der Waals surface area (Å²) in [7, 11) is 4.20. The minimum atomic E-state index is -0.349. The number of rotatable bonds is 4. The number of amides is 2. The Labute approximate surface area is 291 Å². The second-order valence-electron chi connectivity index (χ2n) is 9.34. The number of carbonyl (C=O) groups is 2. The van der Waals surface area contributed by atoms with Crippen molar-refractivity contribution in [3.63, 3.8) is 0 Å². The van der Waals surface area contributed by atoms with Crippen molar-refractivity contribution in [3.05, 3.63) is 95.6 Å². The summed E-state index contributed by atoms with van der Waals surface area (Å²) in [6, 6.07) is 19.0. The lowest BCUT2D eigenvalue weighted by Crippen LogP contribution is -2.23. The van der Waals surface area contributed by atoms with E-state index < -0.39 is 0 Å². The van der Waals surface area contributed by atoms with E-state index in [1.807, 2.05) is 0 Å². The van der Waals surface area contributed by atoms with E-state index in [1.54, 1.807) is 26.2 Å². The molecule has 0 aliphatic heterocycles. The van der Waals surface area contributed by atoms with Crippen LogP contribution in [-0.4, -0.2) is 94.1 Å². The molecular weight excluding hydrogens is 656 g/mol. The highest BCUT2D eigenvalue weighted by atomic mass is 16.3. The molecule has 0 saturated carbocycles. The van der Waals surface area contributed by atoms with E-state index in [9.17, 15) is 19.8 Å². The third-order valence-electron chi connectivity index (χ3n) is 5.81. The first-order chi connectivity index (χ1) is 23.1. The summed E-state index contributed by atoms with van der Waals surface area (Å²) in [5, 5.41) is 98.6. The average molecular weight is 707 g/mol. The van der Waals surface area contributed by atoms with Gasteiger partial charge in [-0.1, -0.05) is 31.7 Å². The normalized spacial score (nSPS) is 8.88. The Hall–Kier alpha value is -5.90. The minimum absolute atomic E-state index is 0. The number of phenolic OH excluding ortho intramolecular Hbond substituents is 4. The second-order valence-corrected chi connectivity index (χ2v) is 9.34. The predicted octanol–water partition coefficient (Wildman–Crippen LogP) is 3.35. The van der Waals surface area contributed by atoms with Crippen LogP contribution in [0.15, 0.2) is 78.9 Å². The van der Waals surface area contributed by atoms with Crippen LogP contribution in [0.2, 0.25) is 0 Å². The Balaban J connectivity index is -0.000000559. The average Bonchev–Trinajstić information content (AvgIpc) is 3.05. The molecule has 4 rings (SSSR count). The maximum Gasteiger partial charge on any atom is 0.219 e. The van der Waals surface area contributed by atoms with E-state index in [-0.39, 0.29) is 96.1 Å². The highest BCUT2D eigenvalue weighted by Crippen LogP contribution is 2.28. The van der Waals surface area contributed by atoms with E-state index in [0.29, 0.717) is 5.56 Å². The fourth-order valence-electron chi connectivity index (χ4n) is 3.02. The van der Waals surface area contributed by atoms with E-state index >= 15 is 0 Å². The summed E-state index contributed by atoms with van der Waals surface area (Å²) in [5.41, 5.74) is 0.704. The molecule has 0 fully saturated rings. The molecule has 2 amide bonds. The molecule has 4 aromatic rings. The van der Waals surface area contributed by atoms with Crippen LogP contribution in [0.3, 0.4) is 0 Å². The molecule has 0 atom stereocenters. The van der Waals surface area contributed by atoms with Crippen LogP contribution in [-0.2, 0) is 29.3 Å². The zero-order chi connectivity index (χ0) is 38.1. The molecule has 0 radical (unpaired) electrons. The van der Waals surface area contributed by atoms with Gasteiger partial charge in [-0.05, 0) is 48.5 Å². The number of carbonyl (C=O) groups excluding carboxylic acids is 2. The van der Waals surface area contributed by atoms with Gasteiger partial charge >= 0.3 is 0 Å². The highest BCUT2D eigenvalue weighted by Gasteiger charge is 2.11. The Morgan fingerprint density at radius 3 is 1.02 bits per heavy atom. The largest absolute Gasteiger partial charge is 0.508 e. The van der Waals surface area contributed by atoms with E-state index in [4.69, 9.17) is 46.0 Å². The Kier molecular flexibility index (Phi) is 26.3. The van der Waals surface area contributed by atoms with Gasteiger partial charge in [-0.2, -0.15) is 0 Å². The molecule has 12 N–H and O–H groups in total. The molecule has 15 heteroatoms. The molecule has 0 spiro atoms. The van der Waals surface area contributed by atoms with Crippen LogP contribution in [0.5, 0.6) is 46.0 Å². The quantitative estimate of drug-likeness (QED) is 0.145. The van der Waals surface area contributed by atoms with Gasteiger partial charge in [0.05, 0.1) is 36.4 Å². The maximum atomic E-state index is 10.9. The van der Waals surface area contributed by atoms with Gasteiger partial charge in [-0.25, -0.2) is 0 Å². The van der Waals surface area contributed by atoms with E-state index in [2.05, 4.69) is 5.32 Å². The smallest absolute Gasteiger partial charge is 0.219 e. The van der Waals surface area contributed by atoms with Gasteiger partial charge in [0.2, 0.25) is 11.8 Å². The van der Waals surface area contributed by atoms with Gasteiger partial charge in [-0.15, -0.1) is 0 Å². The van der Waals surface area contributed by atoms with Crippen molar-refractivity contribution in [1.82, 2.24) is 10.2 Å². The van der Waals surface area contributed by atoms with Crippen LogP contribution in [0, 0.1) is 0 Å². The van der Waals surface area contributed by atoms with Crippen molar-refractivity contribution >= 4 is 11.8 Å². The number of benzene rings is 4. The van der Waals surface area contributed by atoms with Gasteiger partial charge in [0.25, 0.3) is 0 Å². The lowest BCUT2D eigenvalue weighted by molar-refractivity contribution is -0.128. The zero-order valence-corrected chi connectivity index (χ0v) is 27.8. The Bertz CT molecular complexity index is 1420. The lowest BCUT2D eigenvalue weighted by atomic mass is 10.1. The molecule has 4 aromatic carbocycles. The van der Waals surface area contributed by atoms with Gasteiger partial charge in [-0.3, -0.25) is 9.59 Å². The van der Waals surface area contributed by atoms with Crippen molar-refractivity contribution in [2.45, 2.75) is 41.0 Å². The molecule has 0 saturated heterocycles. The predicted molar refractivity (Wildman–Crippen MR) is 188 cm³/mol. The number of nitrogens with one attached hydrogen (secondary N) is 1. The number of aliphatic hydroxyl groups is 3. The van der Waals surface area contributed by atoms with Gasteiger partial charge in [0.1, 0.15) is 46.0 Å². The summed E-state index contributed by atoms with van der Waals surface area (Å²) >= 11 is 0. The molecule has 0 unspecified atom stereocenters. The molecule has 278 valence electrons. The highest BCUT2D eigenvalue weighted by molar-refractivity contribution is 5.73. The number of hydrogen-bond donors (Lipinski definition) is 12. The lowest BCUT2D eigenvalue weighted by Gasteiger charge is -2.16. The van der Waals surface area contributed by atoms with Crippen LogP contribution in [0.1, 0.15) is 38.0 Å². The number of phenols is 8. The van der Waals surface area contributed by atoms with Crippen LogP contribution in [0.4, 0.5) is 0 Å². The van der Waals surface area contributed by atoms with Crippen LogP contribution >= 0.6 is 0 Å². The number of hydrogen-bond acceptors (Lipinski definition) is 13. The standard InChI is InChI=1S/C10H13NO3.2C7H8O3.C6H6O2.C3H7NO.CH4O.CH4/c1-7(12)11(2)6-8-9(13)4-3-5-10(8)14;2*8-4-5-6(9)2-1-3-7(5)10;7-5-2-1-3-6(8)4-5;1-3(5)4-2;1-2;/h3-5,13-14H,6H2,1-2H3;2*1-3,8-10H,4H2;1-4,7-8H;1-2H3,(H,4,5);2H,1H3;1H4. The van der Waals surface area contributed by atoms with Crippen molar-refractivity contribution in [3.8, 4) is 46.0 Å². The summed E-state index contributed by atoms with van der Waals surface area (Å²) in [6.07, 6.45) is 0. The number of aliphatic hydroxyl groups excluding tert-OH is 3. The van der Waals surface area contributed by atoms with Gasteiger partial charge in [0, 0.05) is 41.1 Å². The van der Waals surface area contributed by atoms with Gasteiger partial charge < -0.3 is 66.4 Å². The van der Waals surface area contributed by atoms with E-state index in [1.165, 1.54) is 85.5 Å². The maximum absolute atomic E-state index is 10.9. The summed E-state index contributed by atoms with van der Waals surface area (Å²) in [5.74, 6) is -0.265. The molecule has 0 heterocycles. The number of aromatic hydroxyl groups is 8. The van der Waals surface area contributed by atoms with Crippen molar-refractivity contribution in [1.29, 1.82) is 0 Å². The summed E-state index contributed by atoms with van der Waals surface area (Å²) in [6.45, 7) is 2.40. The molecule has 0 aliphatic rings. The first kappa shape index (κ1) is 48.5. The second kappa shape index (κ2) is 27.1. The summed E-state index contributed by atoms with van der Waals surface area (Å²) in [4.78, 5) is 22.0. The first-order valence-electron chi connectivity index (χ1n) is 14.1. The zero-order valence-electron chi connectivity index (χ0n) is 27.8. The first-order valence-corrected chi connectivity index (χ1v) is 14.1. The fourth-order valence-corrected chi connectivity index (χ4v) is 3.02. The summed E-state index contributed by atoms with van der Waals surface area (Å²) < 4.78 is 0. The van der Waals surface area contributed by atoms with Crippen molar-refractivity contribution < 1.29 is 65.8 Å². The Morgan fingerprint density at radius 2 is 0.840 bits per heavy atom. The fraction of sp³-hybridized carbons (Fsp3) is 0.257. The minimum Gasteiger partial charge on any atom is -0.508 e. The molecule has 50 heavy (non-hydrogen) atoms. The third kappa shape index (κ3) is 19.7. The number of nitrogens with zero attached hydrogens (tertiary/aromatic N) is 1. The SMILES string of the molecule is C.CC(=O)N(C)Cc1c(O)cccc1O.CNC(C)=O.CO.OCc1c(O)cccc1O.OCc1c(O)cccc1O.Oc1cccc(O)c1. The van der Waals surface area contributed by atoms with Crippen LogP contribution in [0.25, 0.3) is 0 Å².